The van der Waals surface area contributed by atoms with Gasteiger partial charge in [0.2, 0.25) is 11.8 Å². The number of rotatable bonds is 9. The summed E-state index contributed by atoms with van der Waals surface area (Å²) in [5.41, 5.74) is 0.699. The summed E-state index contributed by atoms with van der Waals surface area (Å²) in [6.07, 6.45) is 6.38. The van der Waals surface area contributed by atoms with Crippen molar-refractivity contribution in [3.05, 3.63) is 46.2 Å². The van der Waals surface area contributed by atoms with E-state index in [1.54, 1.807) is 36.5 Å². The smallest absolute Gasteiger partial charge is 0.247 e. The number of carbonyl (C=O) groups excluding carboxylic acids is 2. The standard InChI is InChI=1S/C24H30N2O4S/c1-29-18-11-12-20(21(14-18)30-2)23(24(28)25-16-6-3-4-7-16)26(17-9-10-17)22(27)15-19-8-5-13-31-19/h5,8,11-14,16-17,23H,3-4,6-7,9-10,15H2,1-2H3,(H,25,28). The average molecular weight is 443 g/mol. The molecule has 0 bridgehead atoms. The first-order chi connectivity index (χ1) is 15.1. The third kappa shape index (κ3) is 5.03. The van der Waals surface area contributed by atoms with Crippen LogP contribution in [0.1, 0.15) is 55.0 Å². The van der Waals surface area contributed by atoms with Crippen LogP contribution in [0.15, 0.2) is 35.7 Å². The Bertz CT molecular complexity index is 904. The molecule has 1 unspecified atom stereocenters. The summed E-state index contributed by atoms with van der Waals surface area (Å²) in [4.78, 5) is 29.9. The molecular weight excluding hydrogens is 412 g/mol. The maximum atomic E-state index is 13.6. The van der Waals surface area contributed by atoms with Crippen molar-refractivity contribution in [3.63, 3.8) is 0 Å². The van der Waals surface area contributed by atoms with Gasteiger partial charge in [-0.25, -0.2) is 0 Å². The van der Waals surface area contributed by atoms with Crippen molar-refractivity contribution in [1.82, 2.24) is 10.2 Å². The van der Waals surface area contributed by atoms with Crippen LogP contribution in [-0.2, 0) is 16.0 Å². The molecule has 166 valence electrons. The summed E-state index contributed by atoms with van der Waals surface area (Å²) in [6.45, 7) is 0. The van der Waals surface area contributed by atoms with Gasteiger partial charge in [0.15, 0.2) is 0 Å². The van der Waals surface area contributed by atoms with Crippen molar-refractivity contribution in [1.29, 1.82) is 0 Å². The summed E-state index contributed by atoms with van der Waals surface area (Å²) < 4.78 is 11.0. The first kappa shape index (κ1) is 21.7. The summed E-state index contributed by atoms with van der Waals surface area (Å²) in [7, 11) is 3.18. The fraction of sp³-hybridized carbons (Fsp3) is 0.500. The Balaban J connectivity index is 1.69. The number of amides is 2. The number of hydrogen-bond donors (Lipinski definition) is 1. The van der Waals surface area contributed by atoms with Gasteiger partial charge in [0.1, 0.15) is 17.5 Å². The van der Waals surface area contributed by atoms with E-state index < -0.39 is 6.04 Å². The third-order valence-corrected chi connectivity index (χ3v) is 6.97. The highest BCUT2D eigenvalue weighted by Crippen LogP contribution is 2.40. The van der Waals surface area contributed by atoms with Crippen LogP contribution in [0.2, 0.25) is 0 Å². The minimum atomic E-state index is -0.721. The van der Waals surface area contributed by atoms with Gasteiger partial charge in [0, 0.05) is 28.6 Å². The number of nitrogens with one attached hydrogen (secondary N) is 1. The highest BCUT2D eigenvalue weighted by molar-refractivity contribution is 7.10. The van der Waals surface area contributed by atoms with E-state index in [-0.39, 0.29) is 23.9 Å². The van der Waals surface area contributed by atoms with Crippen LogP contribution in [0.3, 0.4) is 0 Å². The molecule has 0 saturated heterocycles. The minimum Gasteiger partial charge on any atom is -0.497 e. The second-order valence-electron chi connectivity index (χ2n) is 8.29. The second-order valence-corrected chi connectivity index (χ2v) is 9.32. The highest BCUT2D eigenvalue weighted by Gasteiger charge is 2.42. The quantitative estimate of drug-likeness (QED) is 0.635. The van der Waals surface area contributed by atoms with Crippen molar-refractivity contribution in [2.75, 3.05) is 14.2 Å². The van der Waals surface area contributed by atoms with Gasteiger partial charge in [0.25, 0.3) is 0 Å². The molecule has 4 rings (SSSR count). The number of nitrogens with zero attached hydrogens (tertiary/aromatic N) is 1. The SMILES string of the molecule is COc1ccc(C(C(=O)NC2CCCC2)N(C(=O)Cc2cccs2)C2CC2)c(OC)c1. The molecule has 2 aromatic rings. The Hall–Kier alpha value is -2.54. The van der Waals surface area contributed by atoms with Gasteiger partial charge in [-0.15, -0.1) is 11.3 Å². The predicted molar refractivity (Wildman–Crippen MR) is 121 cm³/mol. The maximum absolute atomic E-state index is 13.6. The van der Waals surface area contributed by atoms with Crippen molar-refractivity contribution in [2.45, 2.75) is 63.1 Å². The summed E-state index contributed by atoms with van der Waals surface area (Å²) in [5, 5.41) is 5.19. The molecule has 0 spiro atoms. The lowest BCUT2D eigenvalue weighted by Crippen LogP contribution is -2.47. The molecule has 2 fully saturated rings. The maximum Gasteiger partial charge on any atom is 0.247 e. The van der Waals surface area contributed by atoms with Gasteiger partial charge in [-0.1, -0.05) is 18.9 Å². The van der Waals surface area contributed by atoms with Gasteiger partial charge in [-0.2, -0.15) is 0 Å². The zero-order valence-electron chi connectivity index (χ0n) is 18.1. The van der Waals surface area contributed by atoms with E-state index in [0.29, 0.717) is 23.5 Å². The number of carbonyl (C=O) groups is 2. The molecule has 2 aliphatic carbocycles. The van der Waals surface area contributed by atoms with E-state index >= 15 is 0 Å². The van der Waals surface area contributed by atoms with Gasteiger partial charge in [0.05, 0.1) is 20.6 Å². The zero-order chi connectivity index (χ0) is 21.8. The van der Waals surface area contributed by atoms with E-state index in [2.05, 4.69) is 5.32 Å². The monoisotopic (exact) mass is 442 g/mol. The Labute approximate surface area is 187 Å². The molecule has 1 heterocycles. The first-order valence-electron chi connectivity index (χ1n) is 11.0. The molecule has 0 radical (unpaired) electrons. The fourth-order valence-corrected chi connectivity index (χ4v) is 5.07. The van der Waals surface area contributed by atoms with Gasteiger partial charge >= 0.3 is 0 Å². The Morgan fingerprint density at radius 3 is 2.52 bits per heavy atom. The van der Waals surface area contributed by atoms with Crippen LogP contribution in [0.4, 0.5) is 0 Å². The molecule has 6 nitrogen and oxygen atoms in total. The summed E-state index contributed by atoms with van der Waals surface area (Å²) >= 11 is 1.57. The number of methoxy groups -OCH3 is 2. The number of ether oxygens (including phenoxy) is 2. The van der Waals surface area contributed by atoms with Crippen LogP contribution in [0, 0.1) is 0 Å². The Kier molecular flexibility index (Phi) is 6.80. The lowest BCUT2D eigenvalue weighted by atomic mass is 10.0. The molecule has 2 saturated carbocycles. The molecule has 1 aromatic heterocycles. The summed E-state index contributed by atoms with van der Waals surface area (Å²) in [5.74, 6) is 1.06. The van der Waals surface area contributed by atoms with E-state index in [1.807, 2.05) is 29.6 Å². The topological polar surface area (TPSA) is 67.9 Å². The van der Waals surface area contributed by atoms with Crippen molar-refractivity contribution in [3.8, 4) is 11.5 Å². The van der Waals surface area contributed by atoms with Crippen LogP contribution in [-0.4, -0.2) is 43.0 Å². The van der Waals surface area contributed by atoms with E-state index in [0.717, 1.165) is 43.4 Å². The van der Waals surface area contributed by atoms with E-state index in [9.17, 15) is 9.59 Å². The molecular formula is C24H30N2O4S. The molecule has 0 aliphatic heterocycles. The van der Waals surface area contributed by atoms with Crippen LogP contribution >= 0.6 is 11.3 Å². The van der Waals surface area contributed by atoms with Gasteiger partial charge in [-0.3, -0.25) is 9.59 Å². The lowest BCUT2D eigenvalue weighted by Gasteiger charge is -2.33. The van der Waals surface area contributed by atoms with E-state index in [4.69, 9.17) is 9.47 Å². The van der Waals surface area contributed by atoms with Crippen LogP contribution in [0.25, 0.3) is 0 Å². The average Bonchev–Trinajstić information content (AvgIpc) is 3.22. The molecule has 2 aliphatic rings. The normalized spacial score (nSPS) is 17.2. The zero-order valence-corrected chi connectivity index (χ0v) is 19.0. The van der Waals surface area contributed by atoms with Gasteiger partial charge < -0.3 is 19.7 Å². The number of hydrogen-bond acceptors (Lipinski definition) is 5. The Morgan fingerprint density at radius 2 is 1.90 bits per heavy atom. The lowest BCUT2D eigenvalue weighted by molar-refractivity contribution is -0.141. The number of benzene rings is 1. The second kappa shape index (κ2) is 9.73. The minimum absolute atomic E-state index is 0.0191. The fourth-order valence-electron chi connectivity index (χ4n) is 4.38. The highest BCUT2D eigenvalue weighted by atomic mass is 32.1. The van der Waals surface area contributed by atoms with Gasteiger partial charge in [-0.05, 0) is 49.3 Å². The number of thiophene rings is 1. The molecule has 7 heteroatoms. The first-order valence-corrected chi connectivity index (χ1v) is 11.8. The molecule has 1 aromatic carbocycles. The summed E-state index contributed by atoms with van der Waals surface area (Å²) in [6, 6.07) is 8.90. The van der Waals surface area contributed by atoms with E-state index in [1.165, 1.54) is 0 Å². The Morgan fingerprint density at radius 1 is 1.13 bits per heavy atom. The molecule has 2 amide bonds. The largest absolute Gasteiger partial charge is 0.497 e. The molecule has 31 heavy (non-hydrogen) atoms. The van der Waals surface area contributed by atoms with Crippen molar-refractivity contribution >= 4 is 23.2 Å². The van der Waals surface area contributed by atoms with Crippen molar-refractivity contribution < 1.29 is 19.1 Å². The third-order valence-electron chi connectivity index (χ3n) is 6.10. The van der Waals surface area contributed by atoms with Crippen molar-refractivity contribution in [2.24, 2.45) is 0 Å². The molecule has 1 N–H and O–H groups in total. The van der Waals surface area contributed by atoms with Crippen LogP contribution in [0.5, 0.6) is 11.5 Å². The predicted octanol–water partition coefficient (Wildman–Crippen LogP) is 4.10. The molecule has 1 atom stereocenters. The van der Waals surface area contributed by atoms with Crippen LogP contribution < -0.4 is 14.8 Å².